The Morgan fingerprint density at radius 2 is 1.74 bits per heavy atom. The third kappa shape index (κ3) is 2.36. The van der Waals surface area contributed by atoms with Crippen LogP contribution in [0, 0.1) is 0 Å². The van der Waals surface area contributed by atoms with Crippen LogP contribution in [-0.4, -0.2) is 20.6 Å². The van der Waals surface area contributed by atoms with E-state index in [0.717, 1.165) is 13.0 Å². The SMILES string of the molecule is CN(C)c1ccc(C2NCCc3ccccc32)cc1. The van der Waals surface area contributed by atoms with E-state index in [2.05, 4.69) is 72.8 Å². The first-order valence-electron chi connectivity index (χ1n) is 6.84. The highest BCUT2D eigenvalue weighted by atomic mass is 15.1. The maximum atomic E-state index is 3.63. The number of fused-ring (bicyclic) bond motifs is 1. The first-order valence-corrected chi connectivity index (χ1v) is 6.84. The van der Waals surface area contributed by atoms with Crippen LogP contribution in [0.1, 0.15) is 22.7 Å². The zero-order valence-electron chi connectivity index (χ0n) is 11.6. The molecule has 1 aliphatic heterocycles. The van der Waals surface area contributed by atoms with Crippen molar-refractivity contribution in [2.24, 2.45) is 0 Å². The van der Waals surface area contributed by atoms with Crippen molar-refractivity contribution in [1.82, 2.24) is 5.32 Å². The van der Waals surface area contributed by atoms with Gasteiger partial charge in [0, 0.05) is 26.3 Å². The standard InChI is InChI=1S/C17H20N2/c1-19(2)15-9-7-14(8-10-15)17-16-6-4-3-5-13(16)11-12-18-17/h3-10,17-18H,11-12H2,1-2H3. The van der Waals surface area contributed by atoms with Crippen LogP contribution >= 0.6 is 0 Å². The van der Waals surface area contributed by atoms with E-state index < -0.39 is 0 Å². The summed E-state index contributed by atoms with van der Waals surface area (Å²) in [6, 6.07) is 17.9. The van der Waals surface area contributed by atoms with Gasteiger partial charge < -0.3 is 10.2 Å². The molecular formula is C17H20N2. The summed E-state index contributed by atoms with van der Waals surface area (Å²) in [5.74, 6) is 0. The Bertz CT molecular complexity index is 558. The average Bonchev–Trinajstić information content (AvgIpc) is 2.47. The summed E-state index contributed by atoms with van der Waals surface area (Å²) in [5, 5.41) is 3.63. The van der Waals surface area contributed by atoms with Gasteiger partial charge in [-0.25, -0.2) is 0 Å². The fourth-order valence-corrected chi connectivity index (χ4v) is 2.77. The van der Waals surface area contributed by atoms with Gasteiger partial charge in [-0.05, 0) is 35.2 Å². The van der Waals surface area contributed by atoms with Gasteiger partial charge in [0.15, 0.2) is 0 Å². The summed E-state index contributed by atoms with van der Waals surface area (Å²) in [7, 11) is 4.15. The van der Waals surface area contributed by atoms with Crippen LogP contribution in [0.15, 0.2) is 48.5 Å². The van der Waals surface area contributed by atoms with Crippen LogP contribution in [-0.2, 0) is 6.42 Å². The largest absolute Gasteiger partial charge is 0.378 e. The Balaban J connectivity index is 1.95. The van der Waals surface area contributed by atoms with Crippen molar-refractivity contribution in [2.75, 3.05) is 25.5 Å². The van der Waals surface area contributed by atoms with Gasteiger partial charge >= 0.3 is 0 Å². The number of nitrogens with one attached hydrogen (secondary N) is 1. The van der Waals surface area contributed by atoms with Crippen molar-refractivity contribution in [1.29, 1.82) is 0 Å². The highest BCUT2D eigenvalue weighted by Gasteiger charge is 2.20. The summed E-state index contributed by atoms with van der Waals surface area (Å²) in [5.41, 5.74) is 5.49. The van der Waals surface area contributed by atoms with Crippen LogP contribution in [0.25, 0.3) is 0 Å². The fourth-order valence-electron chi connectivity index (χ4n) is 2.77. The van der Waals surface area contributed by atoms with Crippen LogP contribution in [0.3, 0.4) is 0 Å². The van der Waals surface area contributed by atoms with E-state index in [1.54, 1.807) is 0 Å². The summed E-state index contributed by atoms with van der Waals surface area (Å²) in [6.45, 7) is 1.05. The van der Waals surface area contributed by atoms with E-state index in [-0.39, 0.29) is 0 Å². The average molecular weight is 252 g/mol. The summed E-state index contributed by atoms with van der Waals surface area (Å²) in [6.07, 6.45) is 1.13. The molecular weight excluding hydrogens is 232 g/mol. The van der Waals surface area contributed by atoms with Gasteiger partial charge in [0.25, 0.3) is 0 Å². The molecule has 2 heteroatoms. The van der Waals surface area contributed by atoms with Gasteiger partial charge in [-0.2, -0.15) is 0 Å². The maximum Gasteiger partial charge on any atom is 0.0579 e. The van der Waals surface area contributed by atoms with Crippen molar-refractivity contribution in [3.8, 4) is 0 Å². The third-order valence-corrected chi connectivity index (χ3v) is 3.85. The number of benzene rings is 2. The number of hydrogen-bond donors (Lipinski definition) is 1. The molecule has 1 atom stereocenters. The molecule has 1 N–H and O–H groups in total. The number of anilines is 1. The molecule has 0 saturated heterocycles. The normalized spacial score (nSPS) is 17.9. The molecule has 0 fully saturated rings. The molecule has 0 saturated carbocycles. The third-order valence-electron chi connectivity index (χ3n) is 3.85. The fraction of sp³-hybridized carbons (Fsp3) is 0.294. The lowest BCUT2D eigenvalue weighted by molar-refractivity contribution is 0.568. The minimum absolute atomic E-state index is 0.334. The first kappa shape index (κ1) is 12.2. The monoisotopic (exact) mass is 252 g/mol. The molecule has 0 bridgehead atoms. The molecule has 0 spiro atoms. The van der Waals surface area contributed by atoms with Crippen molar-refractivity contribution in [3.63, 3.8) is 0 Å². The molecule has 0 radical (unpaired) electrons. The minimum atomic E-state index is 0.334. The van der Waals surface area contributed by atoms with Crippen LogP contribution < -0.4 is 10.2 Å². The molecule has 2 aromatic rings. The van der Waals surface area contributed by atoms with Gasteiger partial charge in [0.2, 0.25) is 0 Å². The number of hydrogen-bond acceptors (Lipinski definition) is 2. The Labute approximate surface area is 115 Å². The minimum Gasteiger partial charge on any atom is -0.378 e. The molecule has 98 valence electrons. The Hall–Kier alpha value is -1.80. The number of nitrogens with zero attached hydrogens (tertiary/aromatic N) is 1. The highest BCUT2D eigenvalue weighted by molar-refractivity contribution is 5.48. The molecule has 0 aromatic heterocycles. The topological polar surface area (TPSA) is 15.3 Å². The molecule has 3 rings (SSSR count). The zero-order chi connectivity index (χ0) is 13.2. The molecule has 0 aliphatic carbocycles. The molecule has 1 aliphatic rings. The molecule has 19 heavy (non-hydrogen) atoms. The lowest BCUT2D eigenvalue weighted by atomic mass is 9.90. The smallest absolute Gasteiger partial charge is 0.0579 e. The Morgan fingerprint density at radius 3 is 2.47 bits per heavy atom. The second-order valence-electron chi connectivity index (χ2n) is 5.32. The van der Waals surface area contributed by atoms with E-state index in [1.807, 2.05) is 0 Å². The van der Waals surface area contributed by atoms with E-state index in [1.165, 1.54) is 22.4 Å². The van der Waals surface area contributed by atoms with Crippen molar-refractivity contribution in [3.05, 3.63) is 65.2 Å². The highest BCUT2D eigenvalue weighted by Crippen LogP contribution is 2.29. The predicted octanol–water partition coefficient (Wildman–Crippen LogP) is 2.99. The quantitative estimate of drug-likeness (QED) is 0.884. The molecule has 0 amide bonds. The van der Waals surface area contributed by atoms with Gasteiger partial charge in [-0.1, -0.05) is 36.4 Å². The van der Waals surface area contributed by atoms with E-state index in [0.29, 0.717) is 6.04 Å². The molecule has 2 aromatic carbocycles. The summed E-state index contributed by atoms with van der Waals surface area (Å²) < 4.78 is 0. The summed E-state index contributed by atoms with van der Waals surface area (Å²) >= 11 is 0. The zero-order valence-corrected chi connectivity index (χ0v) is 11.6. The van der Waals surface area contributed by atoms with Crippen LogP contribution in [0.4, 0.5) is 5.69 Å². The van der Waals surface area contributed by atoms with E-state index in [4.69, 9.17) is 0 Å². The molecule has 2 nitrogen and oxygen atoms in total. The second-order valence-corrected chi connectivity index (χ2v) is 5.32. The molecule has 1 heterocycles. The first-order chi connectivity index (χ1) is 9.25. The molecule has 1 unspecified atom stereocenters. The Morgan fingerprint density at radius 1 is 1.00 bits per heavy atom. The van der Waals surface area contributed by atoms with Crippen molar-refractivity contribution in [2.45, 2.75) is 12.5 Å². The van der Waals surface area contributed by atoms with Crippen molar-refractivity contribution < 1.29 is 0 Å². The maximum absolute atomic E-state index is 3.63. The number of rotatable bonds is 2. The van der Waals surface area contributed by atoms with Gasteiger partial charge in [-0.3, -0.25) is 0 Å². The van der Waals surface area contributed by atoms with Crippen LogP contribution in [0.5, 0.6) is 0 Å². The van der Waals surface area contributed by atoms with E-state index in [9.17, 15) is 0 Å². The predicted molar refractivity (Wildman–Crippen MR) is 80.8 cm³/mol. The van der Waals surface area contributed by atoms with Crippen molar-refractivity contribution >= 4 is 5.69 Å². The van der Waals surface area contributed by atoms with Gasteiger partial charge in [0.1, 0.15) is 0 Å². The Kier molecular flexibility index (Phi) is 3.26. The summed E-state index contributed by atoms with van der Waals surface area (Å²) in [4.78, 5) is 2.13. The van der Waals surface area contributed by atoms with Crippen LogP contribution in [0.2, 0.25) is 0 Å². The second kappa shape index (κ2) is 5.06. The van der Waals surface area contributed by atoms with Gasteiger partial charge in [0.05, 0.1) is 6.04 Å². The lowest BCUT2D eigenvalue weighted by Crippen LogP contribution is -2.30. The van der Waals surface area contributed by atoms with Gasteiger partial charge in [-0.15, -0.1) is 0 Å². The lowest BCUT2D eigenvalue weighted by Gasteiger charge is -2.27. The van der Waals surface area contributed by atoms with E-state index >= 15 is 0 Å².